The average Bonchev–Trinajstić information content (AvgIpc) is 2.67. The maximum atomic E-state index is 12.6. The van der Waals surface area contributed by atoms with Gasteiger partial charge in [-0.25, -0.2) is 0 Å². The van der Waals surface area contributed by atoms with Crippen molar-refractivity contribution in [3.8, 4) is 23.0 Å². The van der Waals surface area contributed by atoms with Crippen LogP contribution in [0.25, 0.3) is 0 Å². The highest BCUT2D eigenvalue weighted by Gasteiger charge is 2.30. The van der Waals surface area contributed by atoms with Crippen molar-refractivity contribution in [1.82, 2.24) is 0 Å². The number of benzene rings is 2. The van der Waals surface area contributed by atoms with Crippen molar-refractivity contribution < 1.29 is 39.5 Å². The van der Waals surface area contributed by atoms with Crippen LogP contribution in [0.5, 0.6) is 23.0 Å². The third kappa shape index (κ3) is 6.58. The van der Waals surface area contributed by atoms with E-state index in [1.807, 2.05) is 0 Å². The zero-order valence-electron chi connectivity index (χ0n) is 16.9. The smallest absolute Gasteiger partial charge is 0.309 e. The zero-order chi connectivity index (χ0) is 22.3. The molecule has 2 aromatic rings. The van der Waals surface area contributed by atoms with Gasteiger partial charge < -0.3 is 29.9 Å². The molecule has 0 radical (unpaired) electrons. The highest BCUT2D eigenvalue weighted by atomic mass is 16.5. The highest BCUT2D eigenvalue weighted by Crippen LogP contribution is 2.32. The summed E-state index contributed by atoms with van der Waals surface area (Å²) in [6.45, 7) is 0. The van der Waals surface area contributed by atoms with Gasteiger partial charge in [-0.05, 0) is 60.6 Å². The Balaban J connectivity index is 2.37. The van der Waals surface area contributed by atoms with Gasteiger partial charge in [0, 0.05) is 18.6 Å². The predicted molar refractivity (Wildman–Crippen MR) is 107 cm³/mol. The van der Waals surface area contributed by atoms with Crippen LogP contribution in [0.1, 0.15) is 24.0 Å². The second kappa shape index (κ2) is 10.4. The number of phenols is 4. The largest absolute Gasteiger partial charge is 0.508 e. The Hall–Kier alpha value is -3.42. The minimum atomic E-state index is -0.717. The monoisotopic (exact) mass is 418 g/mol. The standard InChI is InChI=1S/C22H26O8/c1-29-21(27)4-3-15(5-13-6-16(23)11-17(24)7-13)20(22(28)30-2)10-14-8-18(25)12-19(26)9-14/h6-9,11-12,15,20,23-26H,3-5,10H2,1-2H3/t15-,20-/m1/s1. The third-order valence-corrected chi connectivity index (χ3v) is 4.90. The predicted octanol–water partition coefficient (Wildman–Crippen LogP) is 2.65. The van der Waals surface area contributed by atoms with E-state index in [-0.39, 0.29) is 48.7 Å². The third-order valence-electron chi connectivity index (χ3n) is 4.90. The molecule has 2 aromatic carbocycles. The molecule has 8 nitrogen and oxygen atoms in total. The van der Waals surface area contributed by atoms with Gasteiger partial charge in [0.2, 0.25) is 0 Å². The molecule has 0 bridgehead atoms. The molecule has 0 heterocycles. The van der Waals surface area contributed by atoms with Crippen LogP contribution < -0.4 is 0 Å². The molecule has 162 valence electrons. The first-order chi connectivity index (χ1) is 14.2. The van der Waals surface area contributed by atoms with Crippen LogP contribution in [0.3, 0.4) is 0 Å². The van der Waals surface area contributed by atoms with Crippen LogP contribution in [0.4, 0.5) is 0 Å². The fourth-order valence-corrected chi connectivity index (χ4v) is 3.55. The van der Waals surface area contributed by atoms with Crippen LogP contribution in [-0.2, 0) is 31.9 Å². The van der Waals surface area contributed by atoms with E-state index in [1.165, 1.54) is 50.6 Å². The van der Waals surface area contributed by atoms with Crippen LogP contribution in [0, 0.1) is 11.8 Å². The second-order valence-corrected chi connectivity index (χ2v) is 7.13. The number of hydrogen-bond donors (Lipinski definition) is 4. The fraction of sp³-hybridized carbons (Fsp3) is 0.364. The maximum absolute atomic E-state index is 12.6. The van der Waals surface area contributed by atoms with Crippen molar-refractivity contribution in [3.05, 3.63) is 47.5 Å². The first-order valence-corrected chi connectivity index (χ1v) is 9.40. The normalized spacial score (nSPS) is 12.7. The molecule has 8 heteroatoms. The van der Waals surface area contributed by atoms with Gasteiger partial charge >= 0.3 is 11.9 Å². The zero-order valence-corrected chi connectivity index (χ0v) is 16.9. The Kier molecular flexibility index (Phi) is 7.91. The molecule has 0 aliphatic heterocycles. The molecule has 30 heavy (non-hydrogen) atoms. The Bertz CT molecular complexity index is 852. The second-order valence-electron chi connectivity index (χ2n) is 7.13. The molecule has 0 amide bonds. The molecule has 0 aliphatic carbocycles. The van der Waals surface area contributed by atoms with E-state index >= 15 is 0 Å². The number of aromatic hydroxyl groups is 4. The number of hydrogen-bond acceptors (Lipinski definition) is 8. The molecule has 0 fully saturated rings. The molecule has 4 N–H and O–H groups in total. The van der Waals surface area contributed by atoms with Crippen molar-refractivity contribution in [2.45, 2.75) is 25.7 Å². The molecular formula is C22H26O8. The van der Waals surface area contributed by atoms with Crippen LogP contribution in [0.2, 0.25) is 0 Å². The van der Waals surface area contributed by atoms with Gasteiger partial charge in [-0.2, -0.15) is 0 Å². The summed E-state index contributed by atoms with van der Waals surface area (Å²) < 4.78 is 9.67. The van der Waals surface area contributed by atoms with E-state index in [9.17, 15) is 30.0 Å². The average molecular weight is 418 g/mol. The Morgan fingerprint density at radius 2 is 1.23 bits per heavy atom. The summed E-state index contributed by atoms with van der Waals surface area (Å²) in [6.07, 6.45) is 0.757. The van der Waals surface area contributed by atoms with Gasteiger partial charge in [0.15, 0.2) is 0 Å². The molecule has 0 spiro atoms. The SMILES string of the molecule is COC(=O)CC[C@H](Cc1cc(O)cc(O)c1)[C@@H](Cc1cc(O)cc(O)c1)C(=O)OC. The first kappa shape index (κ1) is 22.9. The quantitative estimate of drug-likeness (QED) is 0.457. The number of esters is 2. The van der Waals surface area contributed by atoms with Crippen LogP contribution in [-0.4, -0.2) is 46.6 Å². The summed E-state index contributed by atoms with van der Waals surface area (Å²) in [4.78, 5) is 24.3. The lowest BCUT2D eigenvalue weighted by Crippen LogP contribution is -2.29. The van der Waals surface area contributed by atoms with Crippen molar-refractivity contribution in [2.75, 3.05) is 14.2 Å². The molecule has 2 atom stereocenters. The first-order valence-electron chi connectivity index (χ1n) is 9.40. The van der Waals surface area contributed by atoms with Crippen molar-refractivity contribution >= 4 is 11.9 Å². The number of phenolic OH excluding ortho intramolecular Hbond substituents is 4. The Morgan fingerprint density at radius 1 is 0.767 bits per heavy atom. The lowest BCUT2D eigenvalue weighted by Gasteiger charge is -2.25. The molecule has 0 saturated heterocycles. The van der Waals surface area contributed by atoms with Gasteiger partial charge in [-0.3, -0.25) is 9.59 Å². The maximum Gasteiger partial charge on any atom is 0.309 e. The van der Waals surface area contributed by atoms with Crippen molar-refractivity contribution in [3.63, 3.8) is 0 Å². The number of methoxy groups -OCH3 is 2. The van der Waals surface area contributed by atoms with Crippen LogP contribution in [0.15, 0.2) is 36.4 Å². The van der Waals surface area contributed by atoms with E-state index in [1.54, 1.807) is 0 Å². The molecule has 0 aromatic heterocycles. The molecular weight excluding hydrogens is 392 g/mol. The number of ether oxygens (including phenoxy) is 2. The summed E-state index contributed by atoms with van der Waals surface area (Å²) in [7, 11) is 2.53. The minimum Gasteiger partial charge on any atom is -0.508 e. The molecule has 0 aliphatic rings. The van der Waals surface area contributed by atoms with Crippen molar-refractivity contribution in [2.24, 2.45) is 11.8 Å². The van der Waals surface area contributed by atoms with E-state index in [0.29, 0.717) is 11.1 Å². The van der Waals surface area contributed by atoms with Crippen LogP contribution >= 0.6 is 0 Å². The van der Waals surface area contributed by atoms with E-state index in [4.69, 9.17) is 9.47 Å². The Morgan fingerprint density at radius 3 is 1.67 bits per heavy atom. The van der Waals surface area contributed by atoms with Gasteiger partial charge in [0.1, 0.15) is 23.0 Å². The van der Waals surface area contributed by atoms with Gasteiger partial charge in [-0.1, -0.05) is 0 Å². The van der Waals surface area contributed by atoms with Gasteiger partial charge in [0.05, 0.1) is 20.1 Å². The van der Waals surface area contributed by atoms with E-state index in [0.717, 1.165) is 0 Å². The summed E-state index contributed by atoms with van der Waals surface area (Å²) in [6, 6.07) is 8.19. The van der Waals surface area contributed by atoms with E-state index < -0.39 is 23.8 Å². The topological polar surface area (TPSA) is 134 Å². The summed E-state index contributed by atoms with van der Waals surface area (Å²) in [5.41, 5.74) is 1.10. The van der Waals surface area contributed by atoms with E-state index in [2.05, 4.69) is 0 Å². The number of rotatable bonds is 9. The number of carbonyl (C=O) groups is 2. The summed E-state index contributed by atoms with van der Waals surface area (Å²) in [5, 5.41) is 39.0. The lowest BCUT2D eigenvalue weighted by molar-refractivity contribution is -0.148. The number of carbonyl (C=O) groups excluding carboxylic acids is 2. The van der Waals surface area contributed by atoms with Gasteiger partial charge in [0.25, 0.3) is 0 Å². The summed E-state index contributed by atoms with van der Waals surface area (Å²) >= 11 is 0. The fourth-order valence-electron chi connectivity index (χ4n) is 3.55. The highest BCUT2D eigenvalue weighted by molar-refractivity contribution is 5.73. The Labute approximate surface area is 174 Å². The molecule has 2 rings (SSSR count). The molecule has 0 unspecified atom stereocenters. The van der Waals surface area contributed by atoms with Gasteiger partial charge in [-0.15, -0.1) is 0 Å². The molecule has 0 saturated carbocycles. The minimum absolute atomic E-state index is 0.0603. The van der Waals surface area contributed by atoms with Crippen molar-refractivity contribution in [1.29, 1.82) is 0 Å². The summed E-state index contributed by atoms with van der Waals surface area (Å²) in [5.74, 6) is -2.61. The lowest BCUT2D eigenvalue weighted by atomic mass is 9.80.